The van der Waals surface area contributed by atoms with Gasteiger partial charge < -0.3 is 15.3 Å². The van der Waals surface area contributed by atoms with Gasteiger partial charge in [-0.1, -0.05) is 5.21 Å². The third-order valence-corrected chi connectivity index (χ3v) is 3.65. The molecule has 1 atom stereocenters. The molecule has 0 radical (unpaired) electrons. The van der Waals surface area contributed by atoms with Gasteiger partial charge in [0.2, 0.25) is 0 Å². The van der Waals surface area contributed by atoms with Crippen molar-refractivity contribution < 1.29 is 14.7 Å². The number of likely N-dealkylation sites (tertiary alicyclic amines) is 1. The number of carboxylic acids is 1. The molecule has 0 bridgehead atoms. The van der Waals surface area contributed by atoms with E-state index in [-0.39, 0.29) is 12.5 Å². The van der Waals surface area contributed by atoms with Gasteiger partial charge in [0.25, 0.3) is 0 Å². The number of carbonyl (C=O) groups is 2. The molecule has 2 N–H and O–H groups in total. The second-order valence-electron chi connectivity index (χ2n) is 5.28. The molecule has 0 saturated carbocycles. The van der Waals surface area contributed by atoms with E-state index < -0.39 is 5.97 Å². The Bertz CT molecular complexity index is 462. The van der Waals surface area contributed by atoms with Crippen molar-refractivity contribution >= 4 is 12.0 Å². The molecule has 2 amide bonds. The summed E-state index contributed by atoms with van der Waals surface area (Å²) < 4.78 is 1.73. The van der Waals surface area contributed by atoms with Crippen LogP contribution in [-0.4, -0.2) is 56.6 Å². The first kappa shape index (κ1) is 15.3. The Hall–Kier alpha value is -2.12. The average Bonchev–Trinajstić information content (AvgIpc) is 3.12. The Morgan fingerprint density at radius 1 is 1.43 bits per heavy atom. The maximum absolute atomic E-state index is 12.0. The predicted octanol–water partition coefficient (Wildman–Crippen LogP) is 0.564. The Balaban J connectivity index is 1.59. The van der Waals surface area contributed by atoms with Crippen LogP contribution in [0, 0.1) is 5.92 Å². The molecule has 1 saturated heterocycles. The molecule has 21 heavy (non-hydrogen) atoms. The van der Waals surface area contributed by atoms with E-state index in [0.29, 0.717) is 32.0 Å². The molecule has 8 heteroatoms. The summed E-state index contributed by atoms with van der Waals surface area (Å²) in [7, 11) is 0. The summed E-state index contributed by atoms with van der Waals surface area (Å²) in [5.74, 6) is -0.465. The Morgan fingerprint density at radius 3 is 3.00 bits per heavy atom. The van der Waals surface area contributed by atoms with Gasteiger partial charge in [-0.3, -0.25) is 9.48 Å². The van der Waals surface area contributed by atoms with Gasteiger partial charge in [-0.2, -0.15) is 0 Å². The molecule has 2 heterocycles. The highest BCUT2D eigenvalue weighted by atomic mass is 16.4. The Labute approximate surface area is 123 Å². The summed E-state index contributed by atoms with van der Waals surface area (Å²) >= 11 is 0. The molecule has 0 aromatic carbocycles. The van der Waals surface area contributed by atoms with Crippen LogP contribution in [0.15, 0.2) is 12.4 Å². The number of urea groups is 1. The van der Waals surface area contributed by atoms with Gasteiger partial charge in [-0.25, -0.2) is 4.79 Å². The van der Waals surface area contributed by atoms with E-state index in [4.69, 9.17) is 5.11 Å². The van der Waals surface area contributed by atoms with Crippen LogP contribution >= 0.6 is 0 Å². The molecule has 1 unspecified atom stereocenters. The molecule has 8 nitrogen and oxygen atoms in total. The molecule has 1 aliphatic rings. The third kappa shape index (κ3) is 5.05. The molecular weight excluding hydrogens is 274 g/mol. The van der Waals surface area contributed by atoms with E-state index in [1.807, 2.05) is 0 Å². The lowest BCUT2D eigenvalue weighted by Gasteiger charge is -2.17. The van der Waals surface area contributed by atoms with Crippen LogP contribution in [0.2, 0.25) is 0 Å². The number of rotatable bonds is 7. The van der Waals surface area contributed by atoms with Crippen molar-refractivity contribution in [3.05, 3.63) is 12.4 Å². The number of nitrogens with one attached hydrogen (secondary N) is 1. The van der Waals surface area contributed by atoms with E-state index in [2.05, 4.69) is 15.6 Å². The minimum absolute atomic E-state index is 0.0635. The molecule has 2 rings (SSSR count). The van der Waals surface area contributed by atoms with Crippen molar-refractivity contribution in [1.29, 1.82) is 0 Å². The summed E-state index contributed by atoms with van der Waals surface area (Å²) in [6.07, 6.45) is 5.92. The smallest absolute Gasteiger partial charge is 0.317 e. The number of aromatic nitrogens is 3. The molecule has 1 aliphatic heterocycles. The number of aliphatic carboxylic acids is 1. The van der Waals surface area contributed by atoms with Crippen LogP contribution in [0.4, 0.5) is 4.79 Å². The van der Waals surface area contributed by atoms with Crippen LogP contribution in [0.5, 0.6) is 0 Å². The number of hydrogen-bond donors (Lipinski definition) is 2. The van der Waals surface area contributed by atoms with Crippen LogP contribution in [0.1, 0.15) is 25.7 Å². The minimum atomic E-state index is -0.772. The SMILES string of the molecule is O=C(O)CCC1CCN(C(=O)NCCCn2ccnn2)C1. The first-order valence-corrected chi connectivity index (χ1v) is 7.24. The molecule has 1 aromatic heterocycles. The van der Waals surface area contributed by atoms with Crippen LogP contribution in [-0.2, 0) is 11.3 Å². The molecule has 0 spiro atoms. The molecule has 1 aromatic rings. The highest BCUT2D eigenvalue weighted by Gasteiger charge is 2.26. The number of hydrogen-bond acceptors (Lipinski definition) is 4. The van der Waals surface area contributed by atoms with Gasteiger partial charge >= 0.3 is 12.0 Å². The van der Waals surface area contributed by atoms with Crippen LogP contribution < -0.4 is 5.32 Å². The molecule has 116 valence electrons. The zero-order valence-corrected chi connectivity index (χ0v) is 11.9. The van der Waals surface area contributed by atoms with Crippen molar-refractivity contribution in [2.24, 2.45) is 5.92 Å². The van der Waals surface area contributed by atoms with Gasteiger partial charge in [-0.05, 0) is 25.2 Å². The molecule has 0 aliphatic carbocycles. The van der Waals surface area contributed by atoms with Crippen molar-refractivity contribution in [2.75, 3.05) is 19.6 Å². The summed E-state index contributed by atoms with van der Waals surface area (Å²) in [6.45, 7) is 2.68. The fourth-order valence-electron chi connectivity index (χ4n) is 2.48. The molecule has 1 fully saturated rings. The topological polar surface area (TPSA) is 100 Å². The number of aryl methyl sites for hydroxylation is 1. The van der Waals surface area contributed by atoms with Gasteiger partial charge in [0, 0.05) is 38.8 Å². The predicted molar refractivity (Wildman–Crippen MR) is 74.6 cm³/mol. The standard InChI is InChI=1S/C13H21N5O3/c19-12(20)3-2-11-4-8-17(10-11)13(21)14-5-1-7-18-9-6-15-16-18/h6,9,11H,1-5,7-8,10H2,(H,14,21)(H,19,20). The van der Waals surface area contributed by atoms with E-state index in [0.717, 1.165) is 19.4 Å². The van der Waals surface area contributed by atoms with Crippen LogP contribution in [0.25, 0.3) is 0 Å². The van der Waals surface area contributed by atoms with E-state index >= 15 is 0 Å². The van der Waals surface area contributed by atoms with Crippen molar-refractivity contribution in [2.45, 2.75) is 32.2 Å². The second kappa shape index (κ2) is 7.61. The fraction of sp³-hybridized carbons (Fsp3) is 0.692. The monoisotopic (exact) mass is 295 g/mol. The number of carbonyl (C=O) groups excluding carboxylic acids is 1. The van der Waals surface area contributed by atoms with E-state index in [1.54, 1.807) is 22.0 Å². The van der Waals surface area contributed by atoms with Gasteiger partial charge in [0.1, 0.15) is 0 Å². The first-order valence-electron chi connectivity index (χ1n) is 7.24. The van der Waals surface area contributed by atoms with Gasteiger partial charge in [0.15, 0.2) is 0 Å². The second-order valence-corrected chi connectivity index (χ2v) is 5.28. The van der Waals surface area contributed by atoms with Crippen molar-refractivity contribution in [3.8, 4) is 0 Å². The molecular formula is C13H21N5O3. The minimum Gasteiger partial charge on any atom is -0.481 e. The Kier molecular flexibility index (Phi) is 5.53. The summed E-state index contributed by atoms with van der Waals surface area (Å²) in [6, 6.07) is -0.0635. The van der Waals surface area contributed by atoms with Crippen molar-refractivity contribution in [1.82, 2.24) is 25.2 Å². The average molecular weight is 295 g/mol. The maximum Gasteiger partial charge on any atom is 0.317 e. The van der Waals surface area contributed by atoms with E-state index in [9.17, 15) is 9.59 Å². The Morgan fingerprint density at radius 2 is 2.29 bits per heavy atom. The maximum atomic E-state index is 12.0. The lowest BCUT2D eigenvalue weighted by Crippen LogP contribution is -2.39. The lowest BCUT2D eigenvalue weighted by molar-refractivity contribution is -0.137. The summed E-state index contributed by atoms with van der Waals surface area (Å²) in [5.41, 5.74) is 0. The normalized spacial score (nSPS) is 17.9. The number of amides is 2. The largest absolute Gasteiger partial charge is 0.481 e. The highest BCUT2D eigenvalue weighted by Crippen LogP contribution is 2.20. The number of carboxylic acid groups (broad SMARTS) is 1. The lowest BCUT2D eigenvalue weighted by atomic mass is 10.0. The number of nitrogens with zero attached hydrogens (tertiary/aromatic N) is 4. The highest BCUT2D eigenvalue weighted by molar-refractivity contribution is 5.74. The third-order valence-electron chi connectivity index (χ3n) is 3.65. The summed E-state index contributed by atoms with van der Waals surface area (Å²) in [5, 5.41) is 19.1. The first-order chi connectivity index (χ1) is 10.1. The fourth-order valence-corrected chi connectivity index (χ4v) is 2.48. The zero-order valence-electron chi connectivity index (χ0n) is 11.9. The van der Waals surface area contributed by atoms with Crippen molar-refractivity contribution in [3.63, 3.8) is 0 Å². The van der Waals surface area contributed by atoms with Gasteiger partial charge in [-0.15, -0.1) is 5.10 Å². The summed E-state index contributed by atoms with van der Waals surface area (Å²) in [4.78, 5) is 24.3. The van der Waals surface area contributed by atoms with E-state index in [1.165, 1.54) is 0 Å². The van der Waals surface area contributed by atoms with Gasteiger partial charge in [0.05, 0.1) is 6.20 Å². The zero-order chi connectivity index (χ0) is 15.1. The van der Waals surface area contributed by atoms with Crippen LogP contribution in [0.3, 0.4) is 0 Å². The quantitative estimate of drug-likeness (QED) is 0.716.